The Hall–Kier alpha value is -2.78. The number of amides is 4. The molecule has 0 spiro atoms. The van der Waals surface area contributed by atoms with Gasteiger partial charge < -0.3 is 49.7 Å². The predicted octanol–water partition coefficient (Wildman–Crippen LogP) is 6.46. The molecule has 0 aromatic rings. The van der Waals surface area contributed by atoms with E-state index in [0.717, 1.165) is 0 Å². The lowest BCUT2D eigenvalue weighted by Crippen LogP contribution is -2.51. The number of ether oxygens (including phenoxy) is 4. The zero-order chi connectivity index (χ0) is 37.7. The van der Waals surface area contributed by atoms with E-state index in [1.807, 2.05) is 0 Å². The van der Waals surface area contributed by atoms with Gasteiger partial charge in [0.05, 0.1) is 12.2 Å². The van der Waals surface area contributed by atoms with Crippen LogP contribution in [0, 0.1) is 0 Å². The van der Waals surface area contributed by atoms with Crippen molar-refractivity contribution >= 4 is 32.7 Å². The van der Waals surface area contributed by atoms with Crippen LogP contribution in [0.1, 0.15) is 111 Å². The summed E-state index contributed by atoms with van der Waals surface area (Å²) in [5.41, 5.74) is -2.34. The summed E-state index contributed by atoms with van der Waals surface area (Å²) in [6, 6.07) is 0. The average Bonchev–Trinajstić information content (AvgIpc) is 2.78. The van der Waals surface area contributed by atoms with E-state index < -0.39 is 61.2 Å². The molecule has 48 heavy (non-hydrogen) atoms. The molecule has 0 aromatic carbocycles. The highest BCUT2D eigenvalue weighted by Crippen LogP contribution is 2.37. The van der Waals surface area contributed by atoms with Gasteiger partial charge in [0.2, 0.25) is 0 Å². The van der Waals surface area contributed by atoms with Crippen molar-refractivity contribution in [3.8, 4) is 0 Å². The van der Waals surface area contributed by atoms with Crippen molar-refractivity contribution in [1.82, 2.24) is 21.3 Å². The number of aliphatic hydroxyl groups excluding tert-OH is 1. The fourth-order valence-corrected chi connectivity index (χ4v) is 4.23. The van der Waals surface area contributed by atoms with Gasteiger partial charge in [-0.2, -0.15) is 0 Å². The molecule has 0 bridgehead atoms. The monoisotopic (exact) mass is 710 g/mol. The molecular weight excluding hydrogens is 640 g/mol. The van der Waals surface area contributed by atoms with Crippen molar-refractivity contribution in [2.24, 2.45) is 0 Å². The topological polar surface area (TPSA) is 183 Å². The zero-order valence-corrected chi connectivity index (χ0v) is 33.1. The van der Waals surface area contributed by atoms with Crippen molar-refractivity contribution in [3.63, 3.8) is 0 Å². The Balaban J connectivity index is -0.000000862. The summed E-state index contributed by atoms with van der Waals surface area (Å²) in [5, 5.41) is 19.9. The number of carbonyl (C=O) groups is 4. The molecule has 0 saturated carbocycles. The number of hydrogen-bond donors (Lipinski definition) is 5. The Bertz CT molecular complexity index is 925. The Morgan fingerprint density at radius 3 is 0.958 bits per heavy atom. The fourth-order valence-electron chi connectivity index (χ4n) is 2.87. The number of rotatable bonds is 10. The van der Waals surface area contributed by atoms with Gasteiger partial charge in [-0.05, 0) is 101 Å². The van der Waals surface area contributed by atoms with Gasteiger partial charge in [-0.3, -0.25) is 0 Å². The fraction of sp³-hybridized carbons (Fsp3) is 0.879. The van der Waals surface area contributed by atoms with Gasteiger partial charge in [0.15, 0.2) is 8.32 Å². The lowest BCUT2D eigenvalue weighted by molar-refractivity contribution is 0.0445. The molecule has 0 heterocycles. The minimum absolute atomic E-state index is 0. The van der Waals surface area contributed by atoms with Gasteiger partial charge in [0.1, 0.15) is 22.4 Å². The summed E-state index contributed by atoms with van der Waals surface area (Å²) in [6.45, 7) is 32.4. The maximum atomic E-state index is 12.0. The molecule has 0 fully saturated rings. The molecule has 0 radical (unpaired) electrons. The quantitative estimate of drug-likeness (QED) is 0.125. The Labute approximate surface area is 291 Å². The average molecular weight is 711 g/mol. The summed E-state index contributed by atoms with van der Waals surface area (Å²) in [4.78, 5) is 46.6. The third kappa shape index (κ3) is 29.4. The smallest absolute Gasteiger partial charge is 0.407 e. The van der Waals surface area contributed by atoms with Crippen LogP contribution in [0.4, 0.5) is 19.2 Å². The Morgan fingerprint density at radius 2 is 0.750 bits per heavy atom. The van der Waals surface area contributed by atoms with E-state index in [1.54, 1.807) is 83.1 Å². The summed E-state index contributed by atoms with van der Waals surface area (Å²) < 4.78 is 26.9. The summed E-state index contributed by atoms with van der Waals surface area (Å²) in [6.07, 6.45) is -3.56. The first-order valence-corrected chi connectivity index (χ1v) is 18.9. The van der Waals surface area contributed by atoms with Crippen LogP contribution in [0.2, 0.25) is 18.1 Å². The van der Waals surface area contributed by atoms with E-state index in [4.69, 9.17) is 23.4 Å². The number of hydrogen-bond acceptors (Lipinski definition) is 10. The number of alkyl carbamates (subject to hydrolysis) is 4. The molecular formula is C33H70N4O10Si. The van der Waals surface area contributed by atoms with Crippen LogP contribution in [0.25, 0.3) is 0 Å². The molecule has 5 N–H and O–H groups in total. The van der Waals surface area contributed by atoms with E-state index in [-0.39, 0.29) is 44.7 Å². The first-order valence-electron chi connectivity index (χ1n) is 15.9. The highest BCUT2D eigenvalue weighted by atomic mass is 28.4. The number of aliphatic hydroxyl groups is 1. The third-order valence-corrected chi connectivity index (χ3v) is 10.3. The number of carbonyl (C=O) groups excluding carboxylic acids is 4. The van der Waals surface area contributed by atoms with Crippen molar-refractivity contribution in [2.45, 2.75) is 164 Å². The second kappa shape index (κ2) is 20.0. The minimum atomic E-state index is -2.09. The predicted molar refractivity (Wildman–Crippen MR) is 192 cm³/mol. The van der Waals surface area contributed by atoms with Gasteiger partial charge in [-0.1, -0.05) is 28.2 Å². The zero-order valence-electron chi connectivity index (χ0n) is 32.1. The second-order valence-corrected chi connectivity index (χ2v) is 21.4. The second-order valence-electron chi connectivity index (χ2n) is 16.7. The molecule has 0 aliphatic rings. The van der Waals surface area contributed by atoms with Gasteiger partial charge in [-0.25, -0.2) is 19.2 Å². The molecule has 0 unspecified atom stereocenters. The SMILES string of the molecule is C.CC(C)(C)OC(=O)NCC(CNC(=O)OC(C)(C)C)O[Si](C)(C)C(C)(C)C.CC(C)(C)OC(=O)NCC(O)CNC(=O)OC(C)(C)C. The van der Waals surface area contributed by atoms with Gasteiger partial charge in [0, 0.05) is 26.2 Å². The summed E-state index contributed by atoms with van der Waals surface area (Å²) in [7, 11) is -2.09. The van der Waals surface area contributed by atoms with Gasteiger partial charge in [0.25, 0.3) is 0 Å². The van der Waals surface area contributed by atoms with Crippen molar-refractivity contribution in [2.75, 3.05) is 26.2 Å². The van der Waals surface area contributed by atoms with E-state index >= 15 is 0 Å². The molecule has 0 aliphatic carbocycles. The van der Waals surface area contributed by atoms with Crippen LogP contribution in [0.3, 0.4) is 0 Å². The molecule has 15 heteroatoms. The normalized spacial score (nSPS) is 12.5. The highest BCUT2D eigenvalue weighted by molar-refractivity contribution is 6.74. The molecule has 0 atom stereocenters. The minimum Gasteiger partial charge on any atom is -0.444 e. The highest BCUT2D eigenvalue weighted by Gasteiger charge is 2.39. The summed E-state index contributed by atoms with van der Waals surface area (Å²) in [5.74, 6) is 0. The van der Waals surface area contributed by atoms with E-state index in [2.05, 4.69) is 55.1 Å². The first-order chi connectivity index (χ1) is 20.7. The molecule has 4 amide bonds. The summed E-state index contributed by atoms with van der Waals surface area (Å²) >= 11 is 0. The van der Waals surface area contributed by atoms with Crippen LogP contribution in [0.15, 0.2) is 0 Å². The van der Waals surface area contributed by atoms with Crippen LogP contribution in [0.5, 0.6) is 0 Å². The van der Waals surface area contributed by atoms with E-state index in [1.165, 1.54) is 0 Å². The van der Waals surface area contributed by atoms with Gasteiger partial charge in [-0.15, -0.1) is 0 Å². The molecule has 0 aromatic heterocycles. The van der Waals surface area contributed by atoms with Crippen LogP contribution >= 0.6 is 0 Å². The van der Waals surface area contributed by atoms with Crippen LogP contribution in [-0.4, -0.2) is 98.6 Å². The molecule has 14 nitrogen and oxygen atoms in total. The van der Waals surface area contributed by atoms with E-state index in [0.29, 0.717) is 0 Å². The van der Waals surface area contributed by atoms with Crippen molar-refractivity contribution in [3.05, 3.63) is 0 Å². The van der Waals surface area contributed by atoms with Crippen LogP contribution in [-0.2, 0) is 23.4 Å². The lowest BCUT2D eigenvalue weighted by atomic mass is 10.2. The maximum Gasteiger partial charge on any atom is 0.407 e. The number of nitrogens with one attached hydrogen (secondary N) is 4. The maximum absolute atomic E-state index is 12.0. The molecule has 0 rings (SSSR count). The van der Waals surface area contributed by atoms with Crippen molar-refractivity contribution in [1.29, 1.82) is 0 Å². The first kappa shape index (κ1) is 49.6. The lowest BCUT2D eigenvalue weighted by Gasteiger charge is -2.39. The largest absolute Gasteiger partial charge is 0.444 e. The standard InChI is InChI=1S/C19H40N2O5Si.C13H26N2O5.CH4/c1-17(2,3)24-15(22)20-12-14(26-27(10,11)19(7,8)9)13-21-16(23)25-18(4,5)6;1-12(2,3)19-10(17)14-7-9(16)8-15-11(18)20-13(4,5)6;/h14H,12-13H2,1-11H3,(H,20,22)(H,21,23);9,16H,7-8H2,1-6H3,(H,14,17)(H,15,18);1H4. The molecule has 286 valence electrons. The van der Waals surface area contributed by atoms with E-state index in [9.17, 15) is 24.3 Å². The third-order valence-electron chi connectivity index (χ3n) is 5.78. The molecule has 0 saturated heterocycles. The Morgan fingerprint density at radius 1 is 0.521 bits per heavy atom. The van der Waals surface area contributed by atoms with Crippen molar-refractivity contribution < 1.29 is 47.7 Å². The Kier molecular flexibility index (Phi) is 20.7. The van der Waals surface area contributed by atoms with Crippen LogP contribution < -0.4 is 21.3 Å². The molecule has 0 aliphatic heterocycles. The van der Waals surface area contributed by atoms with Gasteiger partial charge >= 0.3 is 24.4 Å².